The summed E-state index contributed by atoms with van der Waals surface area (Å²) in [6.45, 7) is 3.31. The molecule has 0 atom stereocenters. The lowest BCUT2D eigenvalue weighted by Gasteiger charge is -2.04. The van der Waals surface area contributed by atoms with Crippen molar-refractivity contribution in [1.82, 2.24) is 4.57 Å². The maximum atomic E-state index is 13.3. The predicted octanol–water partition coefficient (Wildman–Crippen LogP) is 3.50. The Balaban J connectivity index is 2.92. The molecule has 0 unspecified atom stereocenters. The van der Waals surface area contributed by atoms with E-state index in [2.05, 4.69) is 0 Å². The van der Waals surface area contributed by atoms with Crippen molar-refractivity contribution in [1.29, 1.82) is 0 Å². The lowest BCUT2D eigenvalue weighted by molar-refractivity contribution is 0.0911. The van der Waals surface area contributed by atoms with Crippen LogP contribution >= 0.6 is 11.6 Å². The second-order valence-corrected chi connectivity index (χ2v) is 4.15. The van der Waals surface area contributed by atoms with E-state index in [9.17, 15) is 14.3 Å². The molecule has 5 heteroatoms. The third-order valence-electron chi connectivity index (χ3n) is 2.78. The first-order valence-electron chi connectivity index (χ1n) is 5.20. The van der Waals surface area contributed by atoms with E-state index in [4.69, 9.17) is 11.6 Å². The van der Waals surface area contributed by atoms with Crippen LogP contribution in [-0.4, -0.2) is 15.6 Å². The molecule has 1 heterocycles. The highest BCUT2D eigenvalue weighted by Crippen LogP contribution is 2.38. The number of carbonyl (C=O) groups is 1. The summed E-state index contributed by atoms with van der Waals surface area (Å²) in [6.07, 6.45) is 0.291. The quantitative estimate of drug-likeness (QED) is 0.847. The van der Waals surface area contributed by atoms with Crippen LogP contribution in [0.4, 0.5) is 4.39 Å². The minimum atomic E-state index is -0.615. The van der Waals surface area contributed by atoms with Gasteiger partial charge in [0.25, 0.3) is 0 Å². The molecule has 17 heavy (non-hydrogen) atoms. The van der Waals surface area contributed by atoms with Gasteiger partial charge < -0.3 is 5.11 Å². The topological polar surface area (TPSA) is 42.2 Å². The molecule has 0 spiro atoms. The summed E-state index contributed by atoms with van der Waals surface area (Å²) in [5, 5.41) is 9.93. The molecular formula is C12H11ClFNO2. The molecule has 0 aliphatic carbocycles. The van der Waals surface area contributed by atoms with E-state index in [-0.39, 0.29) is 22.1 Å². The van der Waals surface area contributed by atoms with Gasteiger partial charge in [0, 0.05) is 6.42 Å². The molecule has 0 saturated carbocycles. The van der Waals surface area contributed by atoms with Crippen molar-refractivity contribution >= 4 is 28.4 Å². The zero-order valence-electron chi connectivity index (χ0n) is 9.42. The fourth-order valence-electron chi connectivity index (χ4n) is 1.90. The van der Waals surface area contributed by atoms with Crippen LogP contribution in [0.1, 0.15) is 23.8 Å². The summed E-state index contributed by atoms with van der Waals surface area (Å²) in [5.41, 5.74) is 0.803. The molecule has 0 aliphatic rings. The van der Waals surface area contributed by atoms with Gasteiger partial charge in [0.15, 0.2) is 0 Å². The van der Waals surface area contributed by atoms with Gasteiger partial charge in [0.05, 0.1) is 21.6 Å². The second kappa shape index (κ2) is 4.04. The minimum absolute atomic E-state index is 0.147. The number of hydrogen-bond donors (Lipinski definition) is 1. The van der Waals surface area contributed by atoms with Crippen LogP contribution in [-0.2, 0) is 0 Å². The zero-order chi connectivity index (χ0) is 12.7. The Labute approximate surface area is 102 Å². The Morgan fingerprint density at radius 2 is 2.18 bits per heavy atom. The van der Waals surface area contributed by atoms with E-state index in [1.807, 2.05) is 0 Å². The Bertz CT molecular complexity index is 619. The molecule has 0 aliphatic heterocycles. The number of carbonyl (C=O) groups excluding carboxylic acids is 1. The largest absolute Gasteiger partial charge is 0.505 e. The van der Waals surface area contributed by atoms with Crippen LogP contribution in [0, 0.1) is 12.7 Å². The molecule has 2 rings (SSSR count). The number of rotatable bonds is 1. The summed E-state index contributed by atoms with van der Waals surface area (Å²) in [5.74, 6) is -0.933. The first-order chi connectivity index (χ1) is 7.99. The maximum Gasteiger partial charge on any atom is 0.231 e. The van der Waals surface area contributed by atoms with E-state index < -0.39 is 5.82 Å². The highest BCUT2D eigenvalue weighted by Gasteiger charge is 2.20. The first kappa shape index (κ1) is 11.9. The van der Waals surface area contributed by atoms with Crippen molar-refractivity contribution in [3.63, 3.8) is 0 Å². The Morgan fingerprint density at radius 3 is 2.76 bits per heavy atom. The van der Waals surface area contributed by atoms with Gasteiger partial charge >= 0.3 is 0 Å². The van der Waals surface area contributed by atoms with Crippen LogP contribution in [0.15, 0.2) is 12.1 Å². The standard InChI is InChI=1S/C12H11ClFNO2/c1-3-9(16)15-6(2)12(17)10-8(15)5-4-7(14)11(10)13/h4-5,17H,3H2,1-2H3. The highest BCUT2D eigenvalue weighted by atomic mass is 35.5. The summed E-state index contributed by atoms with van der Waals surface area (Å²) in [7, 11) is 0. The molecule has 1 N–H and O–H groups in total. The highest BCUT2D eigenvalue weighted by molar-refractivity contribution is 6.36. The third-order valence-corrected chi connectivity index (χ3v) is 3.15. The summed E-state index contributed by atoms with van der Waals surface area (Å²) < 4.78 is 14.7. The Morgan fingerprint density at radius 1 is 1.53 bits per heavy atom. The van der Waals surface area contributed by atoms with E-state index in [0.29, 0.717) is 17.6 Å². The molecule has 3 nitrogen and oxygen atoms in total. The van der Waals surface area contributed by atoms with Crippen molar-refractivity contribution in [3.05, 3.63) is 28.7 Å². The molecule has 0 bridgehead atoms. The van der Waals surface area contributed by atoms with Crippen LogP contribution in [0.2, 0.25) is 5.02 Å². The van der Waals surface area contributed by atoms with Crippen molar-refractivity contribution in [2.45, 2.75) is 20.3 Å². The van der Waals surface area contributed by atoms with Crippen molar-refractivity contribution in [2.24, 2.45) is 0 Å². The van der Waals surface area contributed by atoms with E-state index in [1.54, 1.807) is 13.8 Å². The van der Waals surface area contributed by atoms with Gasteiger partial charge in [0.1, 0.15) is 11.6 Å². The second-order valence-electron chi connectivity index (χ2n) is 3.77. The molecule has 90 valence electrons. The minimum Gasteiger partial charge on any atom is -0.505 e. The fraction of sp³-hybridized carbons (Fsp3) is 0.250. The van der Waals surface area contributed by atoms with Gasteiger partial charge in [-0.2, -0.15) is 0 Å². The monoisotopic (exact) mass is 255 g/mol. The van der Waals surface area contributed by atoms with Gasteiger partial charge in [-0.1, -0.05) is 18.5 Å². The smallest absolute Gasteiger partial charge is 0.231 e. The number of fused-ring (bicyclic) bond motifs is 1. The summed E-state index contributed by atoms with van der Waals surface area (Å²) in [4.78, 5) is 11.8. The third kappa shape index (κ3) is 1.60. The summed E-state index contributed by atoms with van der Waals surface area (Å²) in [6, 6.07) is 2.62. The molecule has 0 saturated heterocycles. The molecular weight excluding hydrogens is 245 g/mol. The van der Waals surface area contributed by atoms with E-state index in [0.717, 1.165) is 0 Å². The van der Waals surface area contributed by atoms with Crippen LogP contribution in [0.5, 0.6) is 5.75 Å². The Hall–Kier alpha value is -1.55. The normalized spacial score (nSPS) is 11.1. The van der Waals surface area contributed by atoms with Gasteiger partial charge in [0.2, 0.25) is 5.91 Å². The summed E-state index contributed by atoms with van der Waals surface area (Å²) >= 11 is 5.80. The average molecular weight is 256 g/mol. The van der Waals surface area contributed by atoms with E-state index >= 15 is 0 Å². The lowest BCUT2D eigenvalue weighted by Crippen LogP contribution is -2.10. The molecule has 0 fully saturated rings. The number of halogens is 2. The van der Waals surface area contributed by atoms with Gasteiger partial charge in [-0.15, -0.1) is 0 Å². The number of hydrogen-bond acceptors (Lipinski definition) is 2. The number of aromatic hydroxyl groups is 1. The average Bonchev–Trinajstić information content (AvgIpc) is 2.57. The van der Waals surface area contributed by atoms with Crippen LogP contribution in [0.3, 0.4) is 0 Å². The predicted molar refractivity (Wildman–Crippen MR) is 64.2 cm³/mol. The first-order valence-corrected chi connectivity index (χ1v) is 5.58. The number of nitrogens with zero attached hydrogens (tertiary/aromatic N) is 1. The fourth-order valence-corrected chi connectivity index (χ4v) is 2.15. The van der Waals surface area contributed by atoms with Crippen LogP contribution in [0.25, 0.3) is 10.9 Å². The number of benzene rings is 1. The Kier molecular flexibility index (Phi) is 2.83. The molecule has 0 radical (unpaired) electrons. The molecule has 1 aromatic carbocycles. The van der Waals surface area contributed by atoms with Gasteiger partial charge in [-0.3, -0.25) is 9.36 Å². The van der Waals surface area contributed by atoms with E-state index in [1.165, 1.54) is 16.7 Å². The van der Waals surface area contributed by atoms with Crippen molar-refractivity contribution in [3.8, 4) is 5.75 Å². The lowest BCUT2D eigenvalue weighted by atomic mass is 10.2. The molecule has 2 aromatic rings. The van der Waals surface area contributed by atoms with Crippen LogP contribution < -0.4 is 0 Å². The SMILES string of the molecule is CCC(=O)n1c(C)c(O)c2c(Cl)c(F)ccc21. The molecule has 0 amide bonds. The maximum absolute atomic E-state index is 13.3. The number of aromatic nitrogens is 1. The molecule has 1 aromatic heterocycles. The van der Waals surface area contributed by atoms with Crippen molar-refractivity contribution < 1.29 is 14.3 Å². The van der Waals surface area contributed by atoms with Gasteiger partial charge in [-0.25, -0.2) is 4.39 Å². The zero-order valence-corrected chi connectivity index (χ0v) is 10.2. The van der Waals surface area contributed by atoms with Crippen molar-refractivity contribution in [2.75, 3.05) is 0 Å². The van der Waals surface area contributed by atoms with Gasteiger partial charge in [-0.05, 0) is 19.1 Å².